The van der Waals surface area contributed by atoms with Gasteiger partial charge in [-0.05, 0) is 13.0 Å². The van der Waals surface area contributed by atoms with E-state index in [2.05, 4.69) is 9.97 Å². The van der Waals surface area contributed by atoms with Crippen molar-refractivity contribution in [2.24, 2.45) is 0 Å². The molecule has 0 aliphatic carbocycles. The van der Waals surface area contributed by atoms with E-state index in [9.17, 15) is 9.18 Å². The third kappa shape index (κ3) is 3.64. The average molecular weight is 278 g/mol. The normalized spacial score (nSPS) is 12.8. The van der Waals surface area contributed by atoms with E-state index >= 15 is 0 Å². The number of carbonyl (C=O) groups excluding carboxylic acids is 1. The number of nitrogens with two attached hydrogens (primary N) is 2. The van der Waals surface area contributed by atoms with Gasteiger partial charge >= 0.3 is 0 Å². The fourth-order valence-electron chi connectivity index (χ4n) is 1.34. The fraction of sp³-hybridized carbons (Fsp3) is 0.154. The molecule has 1 aromatic heterocycles. The van der Waals surface area contributed by atoms with Gasteiger partial charge in [0.05, 0.1) is 24.5 Å². The molecule has 6 nitrogen and oxygen atoms in total. The molecule has 0 aliphatic heterocycles. The molecule has 7 heteroatoms. The summed E-state index contributed by atoms with van der Waals surface area (Å²) in [6.45, 7) is 1.72. The lowest BCUT2D eigenvalue weighted by molar-refractivity contribution is 0.103. The maximum Gasteiger partial charge on any atom is 0.221 e. The summed E-state index contributed by atoms with van der Waals surface area (Å²) >= 11 is 0. The molecule has 1 aromatic rings. The Labute approximate surface area is 115 Å². The van der Waals surface area contributed by atoms with Crippen molar-refractivity contribution in [3.8, 4) is 0 Å². The first-order chi connectivity index (χ1) is 9.51. The van der Waals surface area contributed by atoms with Crippen LogP contribution in [-0.4, -0.2) is 22.9 Å². The summed E-state index contributed by atoms with van der Waals surface area (Å²) in [6.07, 6.45) is 6.35. The molecular weight excluding hydrogens is 263 g/mol. The molecule has 20 heavy (non-hydrogen) atoms. The Morgan fingerprint density at radius 3 is 2.70 bits per heavy atom. The first kappa shape index (κ1) is 15.4. The number of Topliss-reactive ketones (excluding diaryl/α,β-unsaturated/α-hetero) is 1. The van der Waals surface area contributed by atoms with Crippen molar-refractivity contribution in [1.82, 2.24) is 9.97 Å². The van der Waals surface area contributed by atoms with Gasteiger partial charge in [0.2, 0.25) is 11.7 Å². The van der Waals surface area contributed by atoms with Gasteiger partial charge in [-0.25, -0.2) is 9.37 Å². The van der Waals surface area contributed by atoms with Gasteiger partial charge in [0.25, 0.3) is 0 Å². The zero-order valence-corrected chi connectivity index (χ0v) is 11.1. The Morgan fingerprint density at radius 2 is 2.15 bits per heavy atom. The number of nitrogen functional groups attached to an aromatic ring is 2. The average Bonchev–Trinajstić information content (AvgIpc) is 2.41. The molecule has 0 saturated carbocycles. The number of rotatable bonds is 5. The molecule has 0 fully saturated rings. The van der Waals surface area contributed by atoms with Gasteiger partial charge in [0.1, 0.15) is 11.6 Å². The Bertz CT molecular complexity index is 594. The Hall–Kier alpha value is -2.70. The minimum Gasteiger partial charge on any atom is -0.503 e. The molecule has 0 atom stereocenters. The van der Waals surface area contributed by atoms with Gasteiger partial charge in [0.15, 0.2) is 0 Å². The van der Waals surface area contributed by atoms with Gasteiger partial charge in [-0.1, -0.05) is 12.2 Å². The lowest BCUT2D eigenvalue weighted by Crippen LogP contribution is -2.11. The highest BCUT2D eigenvalue weighted by Gasteiger charge is 2.20. The summed E-state index contributed by atoms with van der Waals surface area (Å²) in [6, 6.07) is 0. The SMILES string of the molecule is C\C=C/C=C(F)\C(=C\OC)C(=O)c1cnc(N)nc1N. The molecule has 0 aliphatic rings. The molecule has 0 saturated heterocycles. The number of anilines is 2. The van der Waals surface area contributed by atoms with Crippen LogP contribution in [0.3, 0.4) is 0 Å². The number of aromatic nitrogens is 2. The minimum absolute atomic E-state index is 0.0495. The third-order valence-electron chi connectivity index (χ3n) is 2.25. The predicted octanol–water partition coefficient (Wildman–Crippen LogP) is 1.78. The second-order valence-electron chi connectivity index (χ2n) is 3.66. The zero-order chi connectivity index (χ0) is 15.1. The monoisotopic (exact) mass is 278 g/mol. The fourth-order valence-corrected chi connectivity index (χ4v) is 1.34. The summed E-state index contributed by atoms with van der Waals surface area (Å²) in [5.74, 6) is -1.64. The molecule has 0 radical (unpaired) electrons. The third-order valence-corrected chi connectivity index (χ3v) is 2.25. The number of hydrogen-bond acceptors (Lipinski definition) is 6. The number of ether oxygens (including phenoxy) is 1. The van der Waals surface area contributed by atoms with E-state index in [-0.39, 0.29) is 22.9 Å². The van der Waals surface area contributed by atoms with Gasteiger partial charge in [-0.2, -0.15) is 4.98 Å². The predicted molar refractivity (Wildman–Crippen MR) is 74.3 cm³/mol. The number of nitrogens with zero attached hydrogens (tertiary/aromatic N) is 2. The van der Waals surface area contributed by atoms with E-state index in [0.29, 0.717) is 0 Å². The number of allylic oxidation sites excluding steroid dienone is 5. The summed E-state index contributed by atoms with van der Waals surface area (Å²) in [4.78, 5) is 19.5. The van der Waals surface area contributed by atoms with Crippen LogP contribution in [0.15, 0.2) is 42.1 Å². The summed E-state index contributed by atoms with van der Waals surface area (Å²) in [5, 5.41) is 0. The first-order valence-corrected chi connectivity index (χ1v) is 5.65. The molecule has 1 rings (SSSR count). The lowest BCUT2D eigenvalue weighted by atomic mass is 10.1. The van der Waals surface area contributed by atoms with Crippen molar-refractivity contribution in [3.63, 3.8) is 0 Å². The van der Waals surface area contributed by atoms with E-state index in [0.717, 1.165) is 18.5 Å². The quantitative estimate of drug-likeness (QED) is 0.368. The van der Waals surface area contributed by atoms with Crippen LogP contribution in [0.5, 0.6) is 0 Å². The standard InChI is InChI=1S/C13H15FN4O2/c1-3-4-5-10(14)9(7-20-2)11(19)8-6-17-13(16)18-12(8)15/h3-7H,1-2H3,(H4,15,16,17,18)/b4-3-,9-7-,10-5+. The highest BCUT2D eigenvalue weighted by Crippen LogP contribution is 2.20. The van der Waals surface area contributed by atoms with Crippen molar-refractivity contribution in [2.75, 3.05) is 18.6 Å². The molecule has 106 valence electrons. The summed E-state index contributed by atoms with van der Waals surface area (Å²) < 4.78 is 18.6. The maximum atomic E-state index is 13.9. The number of ketones is 1. The van der Waals surface area contributed by atoms with Gasteiger partial charge in [0, 0.05) is 6.20 Å². The Morgan fingerprint density at radius 1 is 1.45 bits per heavy atom. The largest absolute Gasteiger partial charge is 0.503 e. The van der Waals surface area contributed by atoms with E-state index < -0.39 is 11.6 Å². The smallest absolute Gasteiger partial charge is 0.221 e. The molecule has 0 bridgehead atoms. The first-order valence-electron chi connectivity index (χ1n) is 5.65. The van der Waals surface area contributed by atoms with Crippen LogP contribution in [0.4, 0.5) is 16.2 Å². The lowest BCUT2D eigenvalue weighted by Gasteiger charge is -2.06. The van der Waals surface area contributed by atoms with Crippen molar-refractivity contribution >= 4 is 17.5 Å². The number of halogens is 1. The number of methoxy groups -OCH3 is 1. The van der Waals surface area contributed by atoms with Crippen LogP contribution in [0.1, 0.15) is 17.3 Å². The molecule has 0 unspecified atom stereocenters. The van der Waals surface area contributed by atoms with Crippen LogP contribution >= 0.6 is 0 Å². The van der Waals surface area contributed by atoms with Crippen LogP contribution in [-0.2, 0) is 4.74 Å². The topological polar surface area (TPSA) is 104 Å². The van der Waals surface area contributed by atoms with Crippen LogP contribution in [0.25, 0.3) is 0 Å². The van der Waals surface area contributed by atoms with Crippen LogP contribution in [0.2, 0.25) is 0 Å². The number of hydrogen-bond donors (Lipinski definition) is 2. The summed E-state index contributed by atoms with van der Waals surface area (Å²) in [5.41, 5.74) is 10.6. The molecule has 0 spiro atoms. The van der Waals surface area contributed by atoms with E-state index in [1.54, 1.807) is 13.0 Å². The second-order valence-corrected chi connectivity index (χ2v) is 3.66. The second kappa shape index (κ2) is 7.03. The van der Waals surface area contributed by atoms with Crippen molar-refractivity contribution < 1.29 is 13.9 Å². The van der Waals surface area contributed by atoms with Crippen molar-refractivity contribution in [2.45, 2.75) is 6.92 Å². The molecule has 0 aromatic carbocycles. The molecular formula is C13H15FN4O2. The highest BCUT2D eigenvalue weighted by atomic mass is 19.1. The van der Waals surface area contributed by atoms with Crippen molar-refractivity contribution in [1.29, 1.82) is 0 Å². The maximum absolute atomic E-state index is 13.9. The molecule has 0 amide bonds. The highest BCUT2D eigenvalue weighted by molar-refractivity contribution is 6.13. The van der Waals surface area contributed by atoms with Gasteiger partial charge < -0.3 is 16.2 Å². The Kier molecular flexibility index (Phi) is 5.40. The van der Waals surface area contributed by atoms with E-state index in [1.807, 2.05) is 0 Å². The van der Waals surface area contributed by atoms with Gasteiger partial charge in [-0.3, -0.25) is 4.79 Å². The van der Waals surface area contributed by atoms with E-state index in [4.69, 9.17) is 16.2 Å². The summed E-state index contributed by atoms with van der Waals surface area (Å²) in [7, 11) is 1.30. The zero-order valence-electron chi connectivity index (χ0n) is 11.1. The van der Waals surface area contributed by atoms with Crippen molar-refractivity contribution in [3.05, 3.63) is 47.7 Å². The van der Waals surface area contributed by atoms with E-state index in [1.165, 1.54) is 13.2 Å². The van der Waals surface area contributed by atoms with Crippen LogP contribution in [0, 0.1) is 0 Å². The number of carbonyl (C=O) groups is 1. The molecule has 4 N–H and O–H groups in total. The molecule has 1 heterocycles. The van der Waals surface area contributed by atoms with Gasteiger partial charge in [-0.15, -0.1) is 0 Å². The Balaban J connectivity index is 3.22. The minimum atomic E-state index is -0.758. The van der Waals surface area contributed by atoms with Crippen LogP contribution < -0.4 is 11.5 Å².